The summed E-state index contributed by atoms with van der Waals surface area (Å²) in [6, 6.07) is 1.69. The van der Waals surface area contributed by atoms with Gasteiger partial charge in [0.15, 0.2) is 0 Å². The molecule has 0 radical (unpaired) electrons. The first-order valence-corrected chi connectivity index (χ1v) is 4.44. The molecule has 0 saturated heterocycles. The van der Waals surface area contributed by atoms with Gasteiger partial charge in [0.1, 0.15) is 5.75 Å². The lowest BCUT2D eigenvalue weighted by molar-refractivity contribution is -0.136. The summed E-state index contributed by atoms with van der Waals surface area (Å²) in [6.07, 6.45) is 3.12. The molecule has 0 N–H and O–H groups in total. The summed E-state index contributed by atoms with van der Waals surface area (Å²) in [5.41, 5.74) is 0.613. The number of nitrogens with zero attached hydrogens (tertiary/aromatic N) is 1. The van der Waals surface area contributed by atoms with Crippen LogP contribution in [0.1, 0.15) is 12.5 Å². The minimum atomic E-state index is -0.541. The Hall–Kier alpha value is -2.02. The van der Waals surface area contributed by atoms with Gasteiger partial charge in [-0.2, -0.15) is 0 Å². The van der Waals surface area contributed by atoms with Gasteiger partial charge >= 0.3 is 5.97 Å². The third-order valence-electron chi connectivity index (χ3n) is 1.53. The molecule has 1 aromatic heterocycles. The number of methoxy groups -OCH3 is 1. The van der Waals surface area contributed by atoms with Gasteiger partial charge in [0.05, 0.1) is 19.9 Å². The van der Waals surface area contributed by atoms with Gasteiger partial charge < -0.3 is 9.47 Å². The van der Waals surface area contributed by atoms with E-state index < -0.39 is 5.97 Å². The van der Waals surface area contributed by atoms with Crippen molar-refractivity contribution in [3.05, 3.63) is 24.0 Å². The molecule has 0 aliphatic heterocycles. The lowest BCUT2D eigenvalue weighted by Crippen LogP contribution is -1.99. The normalized spacial score (nSPS) is 8.67. The Morgan fingerprint density at radius 1 is 1.53 bits per heavy atom. The van der Waals surface area contributed by atoms with E-state index in [0.29, 0.717) is 17.9 Å². The van der Waals surface area contributed by atoms with Crippen LogP contribution in [0.25, 0.3) is 0 Å². The zero-order valence-electron chi connectivity index (χ0n) is 8.61. The average Bonchev–Trinajstić information content (AvgIpc) is 2.27. The number of esters is 1. The van der Waals surface area contributed by atoms with Crippen LogP contribution in [0.4, 0.5) is 0 Å². The molecule has 0 aliphatic carbocycles. The molecule has 0 atom stereocenters. The smallest absolute Gasteiger partial charge is 0.384 e. The zero-order chi connectivity index (χ0) is 11.1. The van der Waals surface area contributed by atoms with Crippen molar-refractivity contribution >= 4 is 5.97 Å². The Morgan fingerprint density at radius 2 is 2.33 bits per heavy atom. The van der Waals surface area contributed by atoms with Crippen molar-refractivity contribution < 1.29 is 14.3 Å². The molecule has 0 unspecified atom stereocenters. The third kappa shape index (κ3) is 3.69. The van der Waals surface area contributed by atoms with Crippen molar-refractivity contribution in [2.24, 2.45) is 0 Å². The number of hydrogen-bond acceptors (Lipinski definition) is 4. The molecule has 1 rings (SSSR count). The molecular formula is C11H11NO3. The molecule has 0 spiro atoms. The van der Waals surface area contributed by atoms with Gasteiger partial charge in [-0.25, -0.2) is 4.79 Å². The summed E-state index contributed by atoms with van der Waals surface area (Å²) in [5.74, 6) is 5.04. The van der Waals surface area contributed by atoms with Crippen LogP contribution in [0, 0.1) is 11.8 Å². The van der Waals surface area contributed by atoms with E-state index in [9.17, 15) is 4.79 Å². The first-order valence-electron chi connectivity index (χ1n) is 4.44. The van der Waals surface area contributed by atoms with E-state index in [1.54, 1.807) is 32.5 Å². The van der Waals surface area contributed by atoms with Crippen molar-refractivity contribution in [2.45, 2.75) is 6.92 Å². The number of carbonyl (C=O) groups is 1. The molecule has 0 amide bonds. The summed E-state index contributed by atoms with van der Waals surface area (Å²) in [5, 5.41) is 0. The molecule has 0 saturated carbocycles. The minimum absolute atomic E-state index is 0.323. The quantitative estimate of drug-likeness (QED) is 0.534. The van der Waals surface area contributed by atoms with Gasteiger partial charge in [-0.3, -0.25) is 4.98 Å². The highest BCUT2D eigenvalue weighted by atomic mass is 16.5. The molecule has 78 valence electrons. The molecule has 0 fully saturated rings. The number of hydrogen-bond donors (Lipinski definition) is 0. The summed E-state index contributed by atoms with van der Waals surface area (Å²) < 4.78 is 9.62. The zero-order valence-corrected chi connectivity index (χ0v) is 8.61. The highest BCUT2D eigenvalue weighted by Crippen LogP contribution is 2.08. The highest BCUT2D eigenvalue weighted by Gasteiger charge is 1.95. The molecule has 0 aliphatic rings. The Kier molecular flexibility index (Phi) is 4.17. The van der Waals surface area contributed by atoms with Crippen LogP contribution in [0.2, 0.25) is 0 Å². The summed E-state index contributed by atoms with van der Waals surface area (Å²) in [7, 11) is 1.54. The fourth-order valence-corrected chi connectivity index (χ4v) is 0.889. The van der Waals surface area contributed by atoms with E-state index in [1.807, 2.05) is 0 Å². The fourth-order valence-electron chi connectivity index (χ4n) is 0.889. The number of ether oxygens (including phenoxy) is 2. The second-order valence-electron chi connectivity index (χ2n) is 2.58. The van der Waals surface area contributed by atoms with Gasteiger partial charge in [0.2, 0.25) is 0 Å². The van der Waals surface area contributed by atoms with Crippen LogP contribution in [-0.4, -0.2) is 24.7 Å². The molecule has 4 heteroatoms. The maximum atomic E-state index is 10.9. The number of pyridine rings is 1. The monoisotopic (exact) mass is 205 g/mol. The van der Waals surface area contributed by atoms with Gasteiger partial charge in [0.25, 0.3) is 0 Å². The molecular weight excluding hydrogens is 194 g/mol. The van der Waals surface area contributed by atoms with E-state index >= 15 is 0 Å². The van der Waals surface area contributed by atoms with Crippen molar-refractivity contribution in [1.29, 1.82) is 0 Å². The number of rotatable bonds is 2. The van der Waals surface area contributed by atoms with Gasteiger partial charge in [-0.05, 0) is 13.0 Å². The lowest BCUT2D eigenvalue weighted by Gasteiger charge is -1.97. The SMILES string of the molecule is CCOC(=O)C#Cc1cncc(OC)c1. The minimum Gasteiger partial charge on any atom is -0.495 e. The van der Waals surface area contributed by atoms with Crippen molar-refractivity contribution in [3.8, 4) is 17.6 Å². The van der Waals surface area contributed by atoms with Crippen molar-refractivity contribution in [3.63, 3.8) is 0 Å². The second-order valence-corrected chi connectivity index (χ2v) is 2.58. The van der Waals surface area contributed by atoms with Crippen molar-refractivity contribution in [2.75, 3.05) is 13.7 Å². The van der Waals surface area contributed by atoms with Crippen LogP contribution < -0.4 is 4.74 Å². The predicted octanol–water partition coefficient (Wildman–Crippen LogP) is 1.00. The Labute approximate surface area is 88.2 Å². The summed E-state index contributed by atoms with van der Waals surface area (Å²) in [6.45, 7) is 2.05. The third-order valence-corrected chi connectivity index (χ3v) is 1.53. The van der Waals surface area contributed by atoms with Crippen LogP contribution in [-0.2, 0) is 9.53 Å². The molecule has 1 heterocycles. The lowest BCUT2D eigenvalue weighted by atomic mass is 10.3. The number of aromatic nitrogens is 1. The van der Waals surface area contributed by atoms with Crippen LogP contribution in [0.3, 0.4) is 0 Å². The predicted molar refractivity (Wildman–Crippen MR) is 54.3 cm³/mol. The first kappa shape index (κ1) is 11.1. The first-order chi connectivity index (χ1) is 7.26. The fraction of sp³-hybridized carbons (Fsp3) is 0.273. The van der Waals surface area contributed by atoms with Crippen LogP contribution in [0.15, 0.2) is 18.5 Å². The summed E-state index contributed by atoms with van der Waals surface area (Å²) >= 11 is 0. The van der Waals surface area contributed by atoms with Gasteiger partial charge in [0, 0.05) is 17.7 Å². The molecule has 0 bridgehead atoms. The Bertz CT molecular complexity index is 404. The molecule has 4 nitrogen and oxygen atoms in total. The van der Waals surface area contributed by atoms with Gasteiger partial charge in [-0.1, -0.05) is 5.92 Å². The molecule has 15 heavy (non-hydrogen) atoms. The number of carbonyl (C=O) groups excluding carboxylic acids is 1. The largest absolute Gasteiger partial charge is 0.495 e. The average molecular weight is 205 g/mol. The maximum Gasteiger partial charge on any atom is 0.384 e. The van der Waals surface area contributed by atoms with E-state index in [4.69, 9.17) is 4.74 Å². The van der Waals surface area contributed by atoms with Crippen LogP contribution >= 0.6 is 0 Å². The standard InChI is InChI=1S/C11H11NO3/c1-3-15-11(13)5-4-9-6-10(14-2)8-12-7-9/h6-8H,3H2,1-2H3. The van der Waals surface area contributed by atoms with E-state index in [0.717, 1.165) is 0 Å². The van der Waals surface area contributed by atoms with Crippen molar-refractivity contribution in [1.82, 2.24) is 4.98 Å². The van der Waals surface area contributed by atoms with Crippen LogP contribution in [0.5, 0.6) is 5.75 Å². The summed E-state index contributed by atoms with van der Waals surface area (Å²) in [4.78, 5) is 14.8. The topological polar surface area (TPSA) is 48.4 Å². The van der Waals surface area contributed by atoms with Gasteiger partial charge in [-0.15, -0.1) is 0 Å². The molecule has 0 aromatic carbocycles. The highest BCUT2D eigenvalue weighted by molar-refractivity contribution is 5.89. The molecule has 1 aromatic rings. The van der Waals surface area contributed by atoms with E-state index in [1.165, 1.54) is 0 Å². The van der Waals surface area contributed by atoms with E-state index in [2.05, 4.69) is 21.6 Å². The maximum absolute atomic E-state index is 10.9. The van der Waals surface area contributed by atoms with E-state index in [-0.39, 0.29) is 0 Å². The Balaban J connectivity index is 2.75. The Morgan fingerprint density at radius 3 is 3.00 bits per heavy atom. The second kappa shape index (κ2) is 5.66.